The number of amides is 2. The van der Waals surface area contributed by atoms with Crippen LogP contribution in [0.1, 0.15) is 54.6 Å². The Hall–Kier alpha value is -3.68. The first-order chi connectivity index (χ1) is 16.1. The quantitative estimate of drug-likeness (QED) is 0.473. The number of benzene rings is 2. The number of carbonyl (C=O) groups is 4. The van der Waals surface area contributed by atoms with Gasteiger partial charge in [0.05, 0.1) is 12.2 Å². The van der Waals surface area contributed by atoms with Crippen molar-refractivity contribution < 1.29 is 28.7 Å². The van der Waals surface area contributed by atoms with Crippen LogP contribution >= 0.6 is 0 Å². The van der Waals surface area contributed by atoms with E-state index in [0.29, 0.717) is 23.5 Å². The number of carbonyl (C=O) groups excluding carboxylic acids is 4. The summed E-state index contributed by atoms with van der Waals surface area (Å²) < 4.78 is 10.2. The molecule has 0 spiro atoms. The summed E-state index contributed by atoms with van der Waals surface area (Å²) >= 11 is 0. The molecule has 34 heavy (non-hydrogen) atoms. The molecule has 0 heterocycles. The summed E-state index contributed by atoms with van der Waals surface area (Å²) in [4.78, 5) is 47.9. The molecule has 0 unspecified atom stereocenters. The van der Waals surface area contributed by atoms with Crippen LogP contribution in [0.5, 0.6) is 0 Å². The molecule has 0 radical (unpaired) electrons. The zero-order chi connectivity index (χ0) is 25.1. The lowest BCUT2D eigenvalue weighted by atomic mass is 10.1. The van der Waals surface area contributed by atoms with Gasteiger partial charge in [0.1, 0.15) is 0 Å². The Labute approximate surface area is 200 Å². The van der Waals surface area contributed by atoms with Crippen molar-refractivity contribution in [2.45, 2.75) is 47.0 Å². The topological polar surface area (TPSA) is 111 Å². The summed E-state index contributed by atoms with van der Waals surface area (Å²) in [6.07, 6.45) is 0.412. The van der Waals surface area contributed by atoms with E-state index in [1.165, 1.54) is 0 Å². The summed E-state index contributed by atoms with van der Waals surface area (Å²) in [6.45, 7) is 7.67. The molecule has 0 aliphatic carbocycles. The van der Waals surface area contributed by atoms with E-state index in [-0.39, 0.29) is 37.7 Å². The highest BCUT2D eigenvalue weighted by Crippen LogP contribution is 2.16. The van der Waals surface area contributed by atoms with E-state index >= 15 is 0 Å². The molecule has 2 aromatic carbocycles. The molecule has 0 saturated carbocycles. The van der Waals surface area contributed by atoms with E-state index in [1.54, 1.807) is 24.3 Å². The molecule has 8 heteroatoms. The number of ether oxygens (including phenoxy) is 2. The van der Waals surface area contributed by atoms with Crippen molar-refractivity contribution in [2.75, 3.05) is 23.8 Å². The van der Waals surface area contributed by atoms with Gasteiger partial charge >= 0.3 is 11.9 Å². The predicted molar refractivity (Wildman–Crippen MR) is 130 cm³/mol. The fourth-order valence-corrected chi connectivity index (χ4v) is 2.91. The minimum Gasteiger partial charge on any atom is -0.462 e. The first-order valence-corrected chi connectivity index (χ1v) is 11.2. The van der Waals surface area contributed by atoms with E-state index in [0.717, 1.165) is 11.1 Å². The van der Waals surface area contributed by atoms with Crippen LogP contribution in [0.3, 0.4) is 0 Å². The molecule has 0 atom stereocenters. The van der Waals surface area contributed by atoms with Gasteiger partial charge in [0.2, 0.25) is 5.91 Å². The van der Waals surface area contributed by atoms with E-state index in [4.69, 9.17) is 9.47 Å². The van der Waals surface area contributed by atoms with Crippen LogP contribution in [0.25, 0.3) is 0 Å². The molecular weight excluding hydrogens is 436 g/mol. The van der Waals surface area contributed by atoms with Crippen LogP contribution < -0.4 is 10.6 Å². The van der Waals surface area contributed by atoms with Crippen molar-refractivity contribution in [3.8, 4) is 0 Å². The number of hydrogen-bond acceptors (Lipinski definition) is 6. The van der Waals surface area contributed by atoms with Gasteiger partial charge in [-0.2, -0.15) is 0 Å². The van der Waals surface area contributed by atoms with E-state index in [2.05, 4.69) is 10.6 Å². The van der Waals surface area contributed by atoms with Gasteiger partial charge in [0.15, 0.2) is 6.61 Å². The number of anilines is 2. The summed E-state index contributed by atoms with van der Waals surface area (Å²) in [5, 5.41) is 5.43. The molecule has 182 valence electrons. The van der Waals surface area contributed by atoms with Gasteiger partial charge in [0, 0.05) is 24.2 Å². The van der Waals surface area contributed by atoms with Gasteiger partial charge in [-0.25, -0.2) is 4.79 Å². The van der Waals surface area contributed by atoms with Crippen molar-refractivity contribution in [3.63, 3.8) is 0 Å². The normalized spacial score (nSPS) is 10.5. The highest BCUT2D eigenvalue weighted by atomic mass is 16.5. The maximum atomic E-state index is 12.1. The summed E-state index contributed by atoms with van der Waals surface area (Å²) in [7, 11) is 0. The molecule has 0 saturated heterocycles. The van der Waals surface area contributed by atoms with Crippen molar-refractivity contribution in [2.24, 2.45) is 5.92 Å². The molecule has 0 fully saturated rings. The minimum absolute atomic E-state index is 0.0187. The number of hydrogen-bond donors (Lipinski definition) is 2. The van der Waals surface area contributed by atoms with Crippen molar-refractivity contribution in [1.82, 2.24) is 0 Å². The van der Waals surface area contributed by atoms with Gasteiger partial charge in [0.25, 0.3) is 5.91 Å². The lowest BCUT2D eigenvalue weighted by Gasteiger charge is -2.10. The highest BCUT2D eigenvalue weighted by molar-refractivity contribution is 5.94. The number of esters is 2. The molecule has 0 bridgehead atoms. The third kappa shape index (κ3) is 9.44. The summed E-state index contributed by atoms with van der Waals surface area (Å²) in [6, 6.07) is 12.1. The average Bonchev–Trinajstić information content (AvgIpc) is 2.79. The van der Waals surface area contributed by atoms with Gasteiger partial charge in [-0.3, -0.25) is 14.4 Å². The lowest BCUT2D eigenvalue weighted by Crippen LogP contribution is -2.21. The molecule has 2 amide bonds. The highest BCUT2D eigenvalue weighted by Gasteiger charge is 2.12. The van der Waals surface area contributed by atoms with E-state index < -0.39 is 17.8 Å². The first-order valence-electron chi connectivity index (χ1n) is 11.2. The largest absolute Gasteiger partial charge is 0.462 e. The zero-order valence-electron chi connectivity index (χ0n) is 20.1. The van der Waals surface area contributed by atoms with Crippen LogP contribution in [-0.4, -0.2) is 37.0 Å². The molecule has 2 N–H and O–H groups in total. The standard InChI is InChI=1S/C26H32N2O6/c1-17(2)15-34-26(32)20-10-12-21(13-11-20)27-23(29)6-5-7-25(31)33-16-24(30)28-22-14-18(3)8-9-19(22)4/h8-14,17H,5-7,15-16H2,1-4H3,(H,27,29)(H,28,30). The molecular formula is C26H32N2O6. The Balaban J connectivity index is 1.66. The van der Waals surface area contributed by atoms with Gasteiger partial charge < -0.3 is 20.1 Å². The van der Waals surface area contributed by atoms with E-state index in [1.807, 2.05) is 45.9 Å². The van der Waals surface area contributed by atoms with Crippen molar-refractivity contribution in [3.05, 3.63) is 59.2 Å². The molecule has 0 aliphatic rings. The predicted octanol–water partition coefficient (Wildman–Crippen LogP) is 4.41. The van der Waals surface area contributed by atoms with Crippen LogP contribution in [0.2, 0.25) is 0 Å². The molecule has 2 aromatic rings. The number of aryl methyl sites for hydroxylation is 2. The second kappa shape index (κ2) is 13.1. The number of nitrogens with one attached hydrogen (secondary N) is 2. The van der Waals surface area contributed by atoms with Gasteiger partial charge in [-0.15, -0.1) is 0 Å². The third-order valence-corrected chi connectivity index (χ3v) is 4.77. The van der Waals surface area contributed by atoms with Crippen LogP contribution in [-0.2, 0) is 23.9 Å². The molecule has 2 rings (SSSR count). The first kappa shape index (κ1) is 26.6. The fraction of sp³-hybridized carbons (Fsp3) is 0.385. The Morgan fingerprint density at radius 3 is 2.24 bits per heavy atom. The third-order valence-electron chi connectivity index (χ3n) is 4.77. The maximum Gasteiger partial charge on any atom is 0.338 e. The SMILES string of the molecule is Cc1ccc(C)c(NC(=O)COC(=O)CCCC(=O)Nc2ccc(C(=O)OCC(C)C)cc2)c1. The zero-order valence-corrected chi connectivity index (χ0v) is 20.1. The van der Waals surface area contributed by atoms with Gasteiger partial charge in [-0.1, -0.05) is 26.0 Å². The second-order valence-corrected chi connectivity index (χ2v) is 8.50. The second-order valence-electron chi connectivity index (χ2n) is 8.50. The minimum atomic E-state index is -0.548. The smallest absolute Gasteiger partial charge is 0.338 e. The van der Waals surface area contributed by atoms with Crippen LogP contribution in [0, 0.1) is 19.8 Å². The Kier molecular flexibility index (Phi) is 10.3. The van der Waals surface area contributed by atoms with Crippen molar-refractivity contribution >= 4 is 35.1 Å². The van der Waals surface area contributed by atoms with Crippen molar-refractivity contribution in [1.29, 1.82) is 0 Å². The molecule has 0 aromatic heterocycles. The number of rotatable bonds is 11. The Morgan fingerprint density at radius 2 is 1.56 bits per heavy atom. The van der Waals surface area contributed by atoms with E-state index in [9.17, 15) is 19.2 Å². The van der Waals surface area contributed by atoms with Crippen LogP contribution in [0.4, 0.5) is 11.4 Å². The van der Waals surface area contributed by atoms with Crippen LogP contribution in [0.15, 0.2) is 42.5 Å². The average molecular weight is 469 g/mol. The Morgan fingerprint density at radius 1 is 0.853 bits per heavy atom. The maximum absolute atomic E-state index is 12.1. The summed E-state index contributed by atoms with van der Waals surface area (Å²) in [5.41, 5.74) is 3.55. The fourth-order valence-electron chi connectivity index (χ4n) is 2.91. The molecule has 8 nitrogen and oxygen atoms in total. The molecule has 0 aliphatic heterocycles. The summed E-state index contributed by atoms with van der Waals surface area (Å²) in [5.74, 6) is -1.40. The lowest BCUT2D eigenvalue weighted by molar-refractivity contribution is -0.147. The van der Waals surface area contributed by atoms with Gasteiger partial charge in [-0.05, 0) is 67.6 Å². The monoisotopic (exact) mass is 468 g/mol. The Bertz CT molecular complexity index is 1010.